The second-order valence-corrected chi connectivity index (χ2v) is 4.22. The van der Waals surface area contributed by atoms with Gasteiger partial charge in [-0.25, -0.2) is 4.68 Å². The number of nitrogens with zero attached hydrogens (tertiary/aromatic N) is 4. The molecule has 17 heavy (non-hydrogen) atoms. The van der Waals surface area contributed by atoms with E-state index in [2.05, 4.69) is 10.1 Å². The van der Waals surface area contributed by atoms with Crippen molar-refractivity contribution in [3.63, 3.8) is 0 Å². The van der Waals surface area contributed by atoms with Crippen molar-refractivity contribution in [2.24, 2.45) is 13.0 Å². The predicted molar refractivity (Wildman–Crippen MR) is 56.4 cm³/mol. The van der Waals surface area contributed by atoms with Gasteiger partial charge in [0.1, 0.15) is 0 Å². The number of alkyl halides is 3. The minimum absolute atomic E-state index is 0.0739. The van der Waals surface area contributed by atoms with Crippen molar-refractivity contribution in [2.75, 3.05) is 23.7 Å². The van der Waals surface area contributed by atoms with Gasteiger partial charge in [-0.1, -0.05) is 0 Å². The Bertz CT molecular complexity index is 400. The van der Waals surface area contributed by atoms with Gasteiger partial charge in [-0.05, 0) is 12.8 Å². The Labute approximate surface area is 96.4 Å². The molecule has 1 unspecified atom stereocenters. The Morgan fingerprint density at radius 1 is 1.41 bits per heavy atom. The average molecular weight is 249 g/mol. The van der Waals surface area contributed by atoms with Crippen LogP contribution in [0.3, 0.4) is 0 Å². The van der Waals surface area contributed by atoms with E-state index in [0.717, 1.165) is 0 Å². The number of hydrogen-bond donors (Lipinski definition) is 1. The van der Waals surface area contributed by atoms with Crippen LogP contribution in [0.4, 0.5) is 25.1 Å². The molecule has 8 heteroatoms. The van der Waals surface area contributed by atoms with Crippen LogP contribution in [0.1, 0.15) is 12.8 Å². The van der Waals surface area contributed by atoms with Gasteiger partial charge in [-0.15, -0.1) is 5.10 Å². The smallest absolute Gasteiger partial charge is 0.366 e. The molecule has 0 radical (unpaired) electrons. The molecular weight excluding hydrogens is 235 g/mol. The third-order valence-electron chi connectivity index (χ3n) is 2.92. The monoisotopic (exact) mass is 249 g/mol. The minimum Gasteiger partial charge on any atom is -0.366 e. The minimum atomic E-state index is -4.15. The lowest BCUT2D eigenvalue weighted by Gasteiger charge is -2.33. The number of anilines is 2. The predicted octanol–water partition coefficient (Wildman–Crippen LogP) is 1.18. The van der Waals surface area contributed by atoms with Gasteiger partial charge in [-0.2, -0.15) is 18.2 Å². The van der Waals surface area contributed by atoms with E-state index in [-0.39, 0.29) is 18.9 Å². The van der Waals surface area contributed by atoms with Crippen LogP contribution in [-0.4, -0.2) is 34.0 Å². The van der Waals surface area contributed by atoms with Crippen LogP contribution < -0.4 is 10.6 Å². The molecule has 0 spiro atoms. The van der Waals surface area contributed by atoms with Gasteiger partial charge in [-0.3, -0.25) is 0 Å². The third kappa shape index (κ3) is 2.45. The van der Waals surface area contributed by atoms with Gasteiger partial charge in [0.05, 0.1) is 5.92 Å². The summed E-state index contributed by atoms with van der Waals surface area (Å²) in [4.78, 5) is 5.53. The second-order valence-electron chi connectivity index (χ2n) is 4.22. The zero-order valence-electron chi connectivity index (χ0n) is 9.41. The number of nitrogens with two attached hydrogens (primary N) is 1. The van der Waals surface area contributed by atoms with Crippen molar-refractivity contribution in [3.05, 3.63) is 0 Å². The molecule has 2 rings (SSSR count). The van der Waals surface area contributed by atoms with Crippen LogP contribution in [0.5, 0.6) is 0 Å². The van der Waals surface area contributed by atoms with Crippen molar-refractivity contribution >= 4 is 11.9 Å². The van der Waals surface area contributed by atoms with E-state index in [1.54, 1.807) is 11.9 Å². The van der Waals surface area contributed by atoms with Gasteiger partial charge in [0.25, 0.3) is 0 Å². The quantitative estimate of drug-likeness (QED) is 0.811. The number of nitrogen functional groups attached to an aromatic ring is 1. The molecule has 1 aliphatic heterocycles. The molecule has 2 N–H and O–H groups in total. The summed E-state index contributed by atoms with van der Waals surface area (Å²) in [5.41, 5.74) is 5.41. The van der Waals surface area contributed by atoms with E-state index in [1.807, 2.05) is 0 Å². The van der Waals surface area contributed by atoms with E-state index >= 15 is 0 Å². The second kappa shape index (κ2) is 4.08. The highest BCUT2D eigenvalue weighted by Gasteiger charge is 2.42. The van der Waals surface area contributed by atoms with Crippen molar-refractivity contribution in [2.45, 2.75) is 19.0 Å². The topological polar surface area (TPSA) is 60.0 Å². The highest BCUT2D eigenvalue weighted by molar-refractivity contribution is 5.36. The van der Waals surface area contributed by atoms with E-state index in [4.69, 9.17) is 5.73 Å². The molecule has 1 aliphatic rings. The highest BCUT2D eigenvalue weighted by Crippen LogP contribution is 2.34. The molecule has 96 valence electrons. The number of piperidine rings is 1. The van der Waals surface area contributed by atoms with Crippen LogP contribution in [0.25, 0.3) is 0 Å². The van der Waals surface area contributed by atoms with Crippen molar-refractivity contribution in [1.29, 1.82) is 0 Å². The van der Waals surface area contributed by atoms with E-state index in [9.17, 15) is 13.2 Å². The lowest BCUT2D eigenvalue weighted by atomic mass is 9.98. The summed E-state index contributed by atoms with van der Waals surface area (Å²) in [6.45, 7) is 0.480. The number of aromatic nitrogens is 3. The number of aryl methyl sites for hydroxylation is 1. The summed E-state index contributed by atoms with van der Waals surface area (Å²) in [7, 11) is 1.62. The molecule has 1 fully saturated rings. The Kier molecular flexibility index (Phi) is 2.88. The molecule has 1 saturated heterocycles. The normalized spacial score (nSPS) is 21.9. The SMILES string of the molecule is Cn1nc(N)nc1N1CCCC(C(F)(F)F)C1. The molecule has 1 atom stereocenters. The molecule has 1 aromatic heterocycles. The Morgan fingerprint density at radius 2 is 2.12 bits per heavy atom. The molecular formula is C9H14F3N5. The first-order chi connectivity index (χ1) is 7.88. The van der Waals surface area contributed by atoms with E-state index in [1.165, 1.54) is 4.68 Å². The zero-order valence-corrected chi connectivity index (χ0v) is 9.41. The van der Waals surface area contributed by atoms with Crippen LogP contribution >= 0.6 is 0 Å². The third-order valence-corrected chi connectivity index (χ3v) is 2.92. The maximum Gasteiger partial charge on any atom is 0.393 e. The summed E-state index contributed by atoms with van der Waals surface area (Å²) in [6.07, 6.45) is -3.48. The number of rotatable bonds is 1. The lowest BCUT2D eigenvalue weighted by Crippen LogP contribution is -2.42. The number of hydrogen-bond acceptors (Lipinski definition) is 4. The molecule has 2 heterocycles. The van der Waals surface area contributed by atoms with Gasteiger partial charge in [0.15, 0.2) is 0 Å². The van der Waals surface area contributed by atoms with Gasteiger partial charge < -0.3 is 10.6 Å². The molecule has 5 nitrogen and oxygen atoms in total. The fraction of sp³-hybridized carbons (Fsp3) is 0.778. The van der Waals surface area contributed by atoms with Crippen molar-refractivity contribution in [3.8, 4) is 0 Å². The largest absolute Gasteiger partial charge is 0.393 e. The summed E-state index contributed by atoms with van der Waals surface area (Å²) < 4.78 is 39.3. The fourth-order valence-electron chi connectivity index (χ4n) is 2.10. The van der Waals surface area contributed by atoms with Crippen molar-refractivity contribution < 1.29 is 13.2 Å². The molecule has 0 bridgehead atoms. The molecule has 0 saturated carbocycles. The lowest BCUT2D eigenvalue weighted by molar-refractivity contribution is -0.176. The zero-order chi connectivity index (χ0) is 12.6. The van der Waals surface area contributed by atoms with E-state index in [0.29, 0.717) is 18.9 Å². The van der Waals surface area contributed by atoms with Gasteiger partial charge >= 0.3 is 6.18 Å². The molecule has 0 amide bonds. The van der Waals surface area contributed by atoms with Gasteiger partial charge in [0.2, 0.25) is 11.9 Å². The van der Waals surface area contributed by atoms with Crippen LogP contribution in [0.2, 0.25) is 0 Å². The molecule has 1 aromatic rings. The maximum absolute atomic E-state index is 12.6. The summed E-state index contributed by atoms with van der Waals surface area (Å²) in [5.74, 6) is -0.817. The van der Waals surface area contributed by atoms with Crippen molar-refractivity contribution in [1.82, 2.24) is 14.8 Å². The molecule has 0 aromatic carbocycles. The van der Waals surface area contributed by atoms with E-state index < -0.39 is 12.1 Å². The first-order valence-electron chi connectivity index (χ1n) is 5.36. The standard InChI is InChI=1S/C9H14F3N5/c1-16-8(14-7(13)15-16)17-4-2-3-6(5-17)9(10,11)12/h6H,2-5H2,1H3,(H2,13,15). The summed E-state index contributed by atoms with van der Waals surface area (Å²) in [5, 5.41) is 3.83. The summed E-state index contributed by atoms with van der Waals surface area (Å²) in [6, 6.07) is 0. The fourth-order valence-corrected chi connectivity index (χ4v) is 2.10. The van der Waals surface area contributed by atoms with Gasteiger partial charge in [0, 0.05) is 20.1 Å². The highest BCUT2D eigenvalue weighted by atomic mass is 19.4. The first-order valence-corrected chi connectivity index (χ1v) is 5.36. The molecule has 0 aliphatic carbocycles. The Balaban J connectivity index is 2.15. The van der Waals surface area contributed by atoms with Crippen LogP contribution in [0.15, 0.2) is 0 Å². The number of halogens is 3. The Morgan fingerprint density at radius 3 is 2.65 bits per heavy atom. The first kappa shape index (κ1) is 12.0. The Hall–Kier alpha value is -1.47. The maximum atomic E-state index is 12.6. The average Bonchev–Trinajstić information content (AvgIpc) is 2.57. The van der Waals surface area contributed by atoms with Crippen LogP contribution in [0, 0.1) is 5.92 Å². The summed E-state index contributed by atoms with van der Waals surface area (Å²) >= 11 is 0. The van der Waals surface area contributed by atoms with Crippen LogP contribution in [-0.2, 0) is 7.05 Å².